The summed E-state index contributed by atoms with van der Waals surface area (Å²) in [5.41, 5.74) is -0.619. The molecule has 1 aromatic rings. The normalized spacial score (nSPS) is 15.0. The molecule has 0 aromatic carbocycles. The first kappa shape index (κ1) is 21.3. The van der Waals surface area contributed by atoms with E-state index >= 15 is 0 Å². The van der Waals surface area contributed by atoms with Crippen molar-refractivity contribution >= 4 is 33.7 Å². The molecule has 2 heterocycles. The highest BCUT2D eigenvalue weighted by Crippen LogP contribution is 2.34. The van der Waals surface area contributed by atoms with Gasteiger partial charge in [0, 0.05) is 5.75 Å². The maximum atomic E-state index is 12.2. The van der Waals surface area contributed by atoms with Crippen molar-refractivity contribution in [1.29, 1.82) is 0 Å². The van der Waals surface area contributed by atoms with E-state index in [1.165, 1.54) is 4.90 Å². The Labute approximate surface area is 161 Å². The lowest BCUT2D eigenvalue weighted by Gasteiger charge is -2.29. The minimum atomic E-state index is -0.667. The van der Waals surface area contributed by atoms with Crippen molar-refractivity contribution in [2.75, 3.05) is 54.7 Å². The van der Waals surface area contributed by atoms with Gasteiger partial charge in [-0.2, -0.15) is 0 Å². The van der Waals surface area contributed by atoms with Crippen molar-refractivity contribution in [2.45, 2.75) is 26.4 Å². The van der Waals surface area contributed by atoms with Gasteiger partial charge in [-0.1, -0.05) is 0 Å². The molecule has 0 saturated heterocycles. The second-order valence-corrected chi connectivity index (χ2v) is 12.7. The lowest BCUT2D eigenvalue weighted by atomic mass is 10.2. The molecule has 1 aliphatic heterocycles. The van der Waals surface area contributed by atoms with Crippen molar-refractivity contribution in [2.24, 2.45) is 0 Å². The molecular weight excluding hydrogens is 370 g/mol. The van der Waals surface area contributed by atoms with E-state index in [2.05, 4.69) is 29.1 Å². The molecule has 27 heavy (non-hydrogen) atoms. The van der Waals surface area contributed by atoms with E-state index in [-0.39, 0.29) is 25.1 Å². The number of carbonyl (C=O) groups excluding carboxylic acids is 2. The summed E-state index contributed by atoms with van der Waals surface area (Å²) in [5.74, 6) is 1.77. The van der Waals surface area contributed by atoms with Crippen LogP contribution in [0.4, 0.5) is 16.4 Å². The maximum Gasteiger partial charge on any atom is 0.413 e. The topological polar surface area (TPSA) is 90.0 Å². The van der Waals surface area contributed by atoms with Gasteiger partial charge >= 0.3 is 6.09 Å². The first-order chi connectivity index (χ1) is 12.4. The highest BCUT2D eigenvalue weighted by molar-refractivity contribution is 8.32. The van der Waals surface area contributed by atoms with Crippen LogP contribution >= 0.6 is 10.0 Å². The predicted octanol–water partition coefficient (Wildman–Crippen LogP) is 2.82. The predicted molar refractivity (Wildman–Crippen MR) is 108 cm³/mol. The molecule has 2 rings (SSSR count). The van der Waals surface area contributed by atoms with Gasteiger partial charge in [-0.25, -0.2) is 19.8 Å². The summed E-state index contributed by atoms with van der Waals surface area (Å²) in [6, 6.07) is 3.26. The van der Waals surface area contributed by atoms with Crippen molar-refractivity contribution in [3.63, 3.8) is 0 Å². The number of nitrogens with zero attached hydrogens (tertiary/aromatic N) is 2. The Hall–Kier alpha value is -2.00. The second-order valence-electron chi connectivity index (χ2n) is 8.09. The van der Waals surface area contributed by atoms with Crippen LogP contribution in [0.1, 0.15) is 20.8 Å². The van der Waals surface area contributed by atoms with Gasteiger partial charge in [0.1, 0.15) is 18.1 Å². The average Bonchev–Trinajstić information content (AvgIpc) is 2.50. The highest BCUT2D eigenvalue weighted by atomic mass is 32.3. The number of rotatable bonds is 6. The van der Waals surface area contributed by atoms with Crippen LogP contribution in [0, 0.1) is 0 Å². The molecule has 1 N–H and O–H groups in total. The third-order valence-corrected chi connectivity index (χ3v) is 4.83. The molecule has 0 unspecified atom stereocenters. The SMILES string of the molecule is CC(C)(C)OC(=O)Nc1ccc2c(n1)N(COCCS(C)(C)C)C(=O)CO2. The van der Waals surface area contributed by atoms with E-state index in [0.29, 0.717) is 18.2 Å². The fourth-order valence-electron chi connectivity index (χ4n) is 2.15. The number of pyridine rings is 1. The summed E-state index contributed by atoms with van der Waals surface area (Å²) >= 11 is 0. The molecule has 2 amide bonds. The summed E-state index contributed by atoms with van der Waals surface area (Å²) < 4.78 is 16.3. The van der Waals surface area contributed by atoms with Crippen LogP contribution in [0.25, 0.3) is 0 Å². The Morgan fingerprint density at radius 3 is 2.67 bits per heavy atom. The summed E-state index contributed by atoms with van der Waals surface area (Å²) in [4.78, 5) is 29.9. The Kier molecular flexibility index (Phi) is 6.59. The van der Waals surface area contributed by atoms with Crippen LogP contribution in [0.15, 0.2) is 12.1 Å². The molecule has 0 spiro atoms. The maximum absolute atomic E-state index is 12.2. The van der Waals surface area contributed by atoms with Crippen LogP contribution in [-0.2, 0) is 14.3 Å². The van der Waals surface area contributed by atoms with Gasteiger partial charge in [-0.3, -0.25) is 15.0 Å². The number of fused-ring (bicyclic) bond motifs is 1. The van der Waals surface area contributed by atoms with Crippen molar-refractivity contribution in [3.8, 4) is 5.75 Å². The Balaban J connectivity index is 2.07. The molecule has 0 atom stereocenters. The van der Waals surface area contributed by atoms with Gasteiger partial charge in [0.15, 0.2) is 18.2 Å². The molecule has 0 aliphatic carbocycles. The monoisotopic (exact) mass is 399 g/mol. The van der Waals surface area contributed by atoms with Crippen LogP contribution in [0.5, 0.6) is 5.75 Å². The van der Waals surface area contributed by atoms with Crippen LogP contribution in [0.2, 0.25) is 0 Å². The number of anilines is 2. The molecule has 9 heteroatoms. The molecule has 0 fully saturated rings. The molecule has 152 valence electrons. The molecule has 0 saturated carbocycles. The first-order valence-corrected chi connectivity index (χ1v) is 11.7. The summed E-state index contributed by atoms with van der Waals surface area (Å²) in [7, 11) is -0.667. The minimum Gasteiger partial charge on any atom is -0.480 e. The molecule has 0 bridgehead atoms. The van der Waals surface area contributed by atoms with E-state index in [1.807, 2.05) is 0 Å². The van der Waals surface area contributed by atoms with Gasteiger partial charge in [0.2, 0.25) is 0 Å². The summed E-state index contributed by atoms with van der Waals surface area (Å²) in [6.45, 7) is 5.91. The van der Waals surface area contributed by atoms with Crippen molar-refractivity contribution in [1.82, 2.24) is 4.98 Å². The standard InChI is InChI=1S/C18H29N3O5S/c1-18(2,3)26-17(23)20-14-8-7-13-16(19-14)21(15(22)11-25-13)12-24-9-10-27(4,5)6/h7-8H,9-12H2,1-6H3,(H,19,20,23). The number of ether oxygens (including phenoxy) is 3. The van der Waals surface area contributed by atoms with Gasteiger partial charge in [-0.15, -0.1) is 0 Å². The van der Waals surface area contributed by atoms with Crippen molar-refractivity contribution < 1.29 is 23.8 Å². The quantitative estimate of drug-likeness (QED) is 0.740. The van der Waals surface area contributed by atoms with Crippen LogP contribution in [-0.4, -0.2) is 67.1 Å². The second kappa shape index (κ2) is 8.35. The first-order valence-electron chi connectivity index (χ1n) is 8.62. The largest absolute Gasteiger partial charge is 0.480 e. The lowest BCUT2D eigenvalue weighted by molar-refractivity contribution is -0.122. The number of amides is 2. The van der Waals surface area contributed by atoms with Gasteiger partial charge in [-0.05, 0) is 51.7 Å². The highest BCUT2D eigenvalue weighted by Gasteiger charge is 2.28. The zero-order valence-electron chi connectivity index (χ0n) is 16.8. The molecule has 0 radical (unpaired) electrons. The number of aromatic nitrogens is 1. The van der Waals surface area contributed by atoms with Crippen LogP contribution < -0.4 is 15.0 Å². The minimum absolute atomic E-state index is 0.0681. The van der Waals surface area contributed by atoms with E-state index in [0.717, 1.165) is 5.75 Å². The molecule has 8 nitrogen and oxygen atoms in total. The Bertz CT molecular complexity index is 697. The van der Waals surface area contributed by atoms with Crippen molar-refractivity contribution in [3.05, 3.63) is 12.1 Å². The molecule has 1 aromatic heterocycles. The smallest absolute Gasteiger partial charge is 0.413 e. The third-order valence-electron chi connectivity index (χ3n) is 3.44. The zero-order valence-corrected chi connectivity index (χ0v) is 17.6. The van der Waals surface area contributed by atoms with Crippen LogP contribution in [0.3, 0.4) is 0 Å². The Morgan fingerprint density at radius 1 is 1.33 bits per heavy atom. The van der Waals surface area contributed by atoms with E-state index in [1.54, 1.807) is 32.9 Å². The zero-order chi connectivity index (χ0) is 20.2. The van der Waals surface area contributed by atoms with E-state index < -0.39 is 21.7 Å². The summed E-state index contributed by atoms with van der Waals surface area (Å²) in [5, 5.41) is 2.57. The fourth-order valence-corrected chi connectivity index (χ4v) is 2.77. The number of hydrogen-bond donors (Lipinski definition) is 1. The van der Waals surface area contributed by atoms with Gasteiger partial charge < -0.3 is 14.2 Å². The fraction of sp³-hybridized carbons (Fsp3) is 0.611. The lowest BCUT2D eigenvalue weighted by Crippen LogP contribution is -2.41. The number of nitrogens with one attached hydrogen (secondary N) is 1. The average molecular weight is 400 g/mol. The van der Waals surface area contributed by atoms with E-state index in [4.69, 9.17) is 14.2 Å². The molecular formula is C18H29N3O5S. The van der Waals surface area contributed by atoms with Gasteiger partial charge in [0.05, 0.1) is 6.61 Å². The Morgan fingerprint density at radius 2 is 2.04 bits per heavy atom. The third kappa shape index (κ3) is 6.91. The van der Waals surface area contributed by atoms with E-state index in [9.17, 15) is 9.59 Å². The molecule has 1 aliphatic rings. The van der Waals surface area contributed by atoms with Gasteiger partial charge in [0.25, 0.3) is 5.91 Å². The number of hydrogen-bond acceptors (Lipinski definition) is 6. The summed E-state index contributed by atoms with van der Waals surface area (Å²) in [6.07, 6.45) is 6.01. The number of carbonyl (C=O) groups is 2.